The standard InChI is InChI=1S/C7H13NO.C3H8O.C2H6/c1-8-4-2-7(6-9)3-5-8;1-3-4-2;1-2/h6-7H,2-5H2,1H3;3H2,1-2H3;1-2H3. The molecule has 1 heterocycles. The number of ether oxygens (including phenoxy) is 1. The zero-order chi connectivity index (χ0) is 12.1. The third-order valence-corrected chi connectivity index (χ3v) is 2.24. The topological polar surface area (TPSA) is 29.5 Å². The second kappa shape index (κ2) is 13.6. The van der Waals surface area contributed by atoms with Crippen LogP contribution in [-0.4, -0.2) is 45.0 Å². The van der Waals surface area contributed by atoms with Gasteiger partial charge in [-0.1, -0.05) is 13.8 Å². The van der Waals surface area contributed by atoms with Crippen molar-refractivity contribution in [2.75, 3.05) is 33.9 Å². The van der Waals surface area contributed by atoms with Gasteiger partial charge in [0.15, 0.2) is 0 Å². The first-order valence-corrected chi connectivity index (χ1v) is 5.87. The number of hydrogen-bond donors (Lipinski definition) is 0. The van der Waals surface area contributed by atoms with Crippen molar-refractivity contribution < 1.29 is 9.53 Å². The van der Waals surface area contributed by atoms with Gasteiger partial charge in [-0.2, -0.15) is 0 Å². The first kappa shape index (κ1) is 17.0. The average molecular weight is 217 g/mol. The largest absolute Gasteiger partial charge is 0.385 e. The van der Waals surface area contributed by atoms with Crippen LogP contribution in [0.15, 0.2) is 0 Å². The van der Waals surface area contributed by atoms with E-state index in [9.17, 15) is 4.79 Å². The first-order valence-electron chi connectivity index (χ1n) is 5.87. The Labute approximate surface area is 94.8 Å². The predicted molar refractivity (Wildman–Crippen MR) is 65.2 cm³/mol. The Kier molecular flexibility index (Phi) is 15.4. The van der Waals surface area contributed by atoms with E-state index < -0.39 is 0 Å². The van der Waals surface area contributed by atoms with Gasteiger partial charge in [-0.3, -0.25) is 0 Å². The van der Waals surface area contributed by atoms with Gasteiger partial charge in [-0.05, 0) is 39.9 Å². The normalized spacial score (nSPS) is 16.9. The number of carbonyl (C=O) groups excluding carboxylic acids is 1. The van der Waals surface area contributed by atoms with Gasteiger partial charge in [0.25, 0.3) is 0 Å². The van der Waals surface area contributed by atoms with Gasteiger partial charge < -0.3 is 14.4 Å². The molecule has 0 saturated carbocycles. The second-order valence-corrected chi connectivity index (χ2v) is 3.35. The molecule has 3 heteroatoms. The molecule has 0 unspecified atom stereocenters. The highest BCUT2D eigenvalue weighted by Gasteiger charge is 2.14. The summed E-state index contributed by atoms with van der Waals surface area (Å²) in [5, 5.41) is 0. The molecule has 1 fully saturated rings. The van der Waals surface area contributed by atoms with Crippen molar-refractivity contribution in [1.29, 1.82) is 0 Å². The van der Waals surface area contributed by atoms with Crippen molar-refractivity contribution in [3.05, 3.63) is 0 Å². The summed E-state index contributed by atoms with van der Waals surface area (Å²) >= 11 is 0. The SMILES string of the molecule is CC.CCOC.CN1CCC(C=O)CC1. The Hall–Kier alpha value is -0.410. The fourth-order valence-electron chi connectivity index (χ4n) is 1.16. The molecule has 1 aliphatic rings. The Balaban J connectivity index is 0. The molecule has 1 saturated heterocycles. The Morgan fingerprint density at radius 3 is 2.00 bits per heavy atom. The van der Waals surface area contributed by atoms with E-state index in [0.717, 1.165) is 38.8 Å². The lowest BCUT2D eigenvalue weighted by Gasteiger charge is -2.25. The van der Waals surface area contributed by atoms with Crippen LogP contribution in [0.3, 0.4) is 0 Å². The van der Waals surface area contributed by atoms with Crippen LogP contribution in [0.1, 0.15) is 33.6 Å². The maximum Gasteiger partial charge on any atom is 0.123 e. The summed E-state index contributed by atoms with van der Waals surface area (Å²) in [5.74, 6) is 0.348. The first-order chi connectivity index (χ1) is 7.24. The lowest BCUT2D eigenvalue weighted by Crippen LogP contribution is -2.30. The Morgan fingerprint density at radius 2 is 1.73 bits per heavy atom. The van der Waals surface area contributed by atoms with Gasteiger partial charge in [-0.25, -0.2) is 0 Å². The Bertz CT molecular complexity index is 119. The van der Waals surface area contributed by atoms with Gasteiger partial charge in [0.1, 0.15) is 6.29 Å². The van der Waals surface area contributed by atoms with Crippen molar-refractivity contribution in [2.24, 2.45) is 5.92 Å². The molecule has 15 heavy (non-hydrogen) atoms. The van der Waals surface area contributed by atoms with Crippen LogP contribution >= 0.6 is 0 Å². The summed E-state index contributed by atoms with van der Waals surface area (Å²) in [6, 6.07) is 0. The predicted octanol–water partition coefficient (Wildman–Crippen LogP) is 2.21. The fraction of sp³-hybridized carbons (Fsp3) is 0.917. The molecule has 92 valence electrons. The molecule has 1 rings (SSSR count). The zero-order valence-electron chi connectivity index (χ0n) is 11.0. The van der Waals surface area contributed by atoms with Crippen molar-refractivity contribution in [3.8, 4) is 0 Å². The lowest BCUT2D eigenvalue weighted by molar-refractivity contribution is -0.112. The molecule has 0 aromatic rings. The summed E-state index contributed by atoms with van der Waals surface area (Å²) in [4.78, 5) is 12.5. The van der Waals surface area contributed by atoms with Gasteiger partial charge in [0.05, 0.1) is 0 Å². The van der Waals surface area contributed by atoms with Gasteiger partial charge in [0.2, 0.25) is 0 Å². The number of piperidine rings is 1. The smallest absolute Gasteiger partial charge is 0.123 e. The van der Waals surface area contributed by atoms with E-state index in [4.69, 9.17) is 0 Å². The maximum atomic E-state index is 10.2. The summed E-state index contributed by atoms with van der Waals surface area (Å²) in [7, 11) is 3.78. The molecule has 1 aliphatic heterocycles. The molecule has 0 aromatic heterocycles. The van der Waals surface area contributed by atoms with Crippen LogP contribution in [-0.2, 0) is 9.53 Å². The van der Waals surface area contributed by atoms with Crippen LogP contribution in [0.5, 0.6) is 0 Å². The molecule has 0 N–H and O–H groups in total. The van der Waals surface area contributed by atoms with Crippen molar-refractivity contribution in [3.63, 3.8) is 0 Å². The van der Waals surface area contributed by atoms with Crippen LogP contribution in [0.2, 0.25) is 0 Å². The van der Waals surface area contributed by atoms with Crippen molar-refractivity contribution in [2.45, 2.75) is 33.6 Å². The van der Waals surface area contributed by atoms with Crippen LogP contribution in [0.4, 0.5) is 0 Å². The van der Waals surface area contributed by atoms with E-state index in [-0.39, 0.29) is 0 Å². The van der Waals surface area contributed by atoms with Gasteiger partial charge in [0, 0.05) is 19.6 Å². The lowest BCUT2D eigenvalue weighted by atomic mass is 9.99. The summed E-state index contributed by atoms with van der Waals surface area (Å²) in [5.41, 5.74) is 0. The van der Waals surface area contributed by atoms with E-state index in [1.165, 1.54) is 0 Å². The number of aldehydes is 1. The van der Waals surface area contributed by atoms with Gasteiger partial charge >= 0.3 is 0 Å². The summed E-state index contributed by atoms with van der Waals surface area (Å²) in [6.07, 6.45) is 3.20. The minimum atomic E-state index is 0.348. The van der Waals surface area contributed by atoms with Gasteiger partial charge in [-0.15, -0.1) is 0 Å². The summed E-state index contributed by atoms with van der Waals surface area (Å²) < 4.78 is 4.54. The number of nitrogens with zero attached hydrogens (tertiary/aromatic N) is 1. The third-order valence-electron chi connectivity index (χ3n) is 2.24. The van der Waals surface area contributed by atoms with Crippen LogP contribution < -0.4 is 0 Å². The molecular formula is C12H27NO2. The van der Waals surface area contributed by atoms with Crippen molar-refractivity contribution >= 4 is 6.29 Å². The molecule has 0 aliphatic carbocycles. The Morgan fingerprint density at radius 1 is 1.33 bits per heavy atom. The number of hydrogen-bond acceptors (Lipinski definition) is 3. The van der Waals surface area contributed by atoms with Crippen LogP contribution in [0, 0.1) is 5.92 Å². The van der Waals surface area contributed by atoms with Crippen molar-refractivity contribution in [1.82, 2.24) is 4.90 Å². The molecule has 0 bridgehead atoms. The fourth-order valence-corrected chi connectivity index (χ4v) is 1.16. The van der Waals surface area contributed by atoms with E-state index in [1.807, 2.05) is 20.8 Å². The number of carbonyl (C=O) groups is 1. The highest BCUT2D eigenvalue weighted by Crippen LogP contribution is 2.12. The highest BCUT2D eigenvalue weighted by atomic mass is 16.5. The minimum absolute atomic E-state index is 0.348. The molecule has 0 aromatic carbocycles. The van der Waals surface area contributed by atoms with Crippen LogP contribution in [0.25, 0.3) is 0 Å². The molecule has 0 atom stereocenters. The number of methoxy groups -OCH3 is 1. The van der Waals surface area contributed by atoms with E-state index in [0.29, 0.717) is 5.92 Å². The zero-order valence-corrected chi connectivity index (χ0v) is 11.0. The molecule has 0 amide bonds. The number of likely N-dealkylation sites (tertiary alicyclic amines) is 1. The highest BCUT2D eigenvalue weighted by molar-refractivity contribution is 5.53. The second-order valence-electron chi connectivity index (χ2n) is 3.35. The molecule has 0 spiro atoms. The average Bonchev–Trinajstić information content (AvgIpc) is 2.33. The molecular weight excluding hydrogens is 190 g/mol. The quantitative estimate of drug-likeness (QED) is 0.664. The van der Waals surface area contributed by atoms with E-state index in [1.54, 1.807) is 7.11 Å². The molecule has 0 radical (unpaired) electrons. The summed E-state index contributed by atoms with van der Waals surface area (Å²) in [6.45, 7) is 8.95. The van der Waals surface area contributed by atoms with E-state index >= 15 is 0 Å². The minimum Gasteiger partial charge on any atom is -0.385 e. The molecule has 3 nitrogen and oxygen atoms in total. The number of rotatable bonds is 2. The third kappa shape index (κ3) is 11.5. The van der Waals surface area contributed by atoms with E-state index in [2.05, 4.69) is 16.7 Å². The monoisotopic (exact) mass is 217 g/mol. The maximum absolute atomic E-state index is 10.2.